The predicted octanol–water partition coefficient (Wildman–Crippen LogP) is 4.68. The Balaban J connectivity index is 1.54. The van der Waals surface area contributed by atoms with Gasteiger partial charge in [-0.3, -0.25) is 4.79 Å². The maximum atomic E-state index is 12.2. The van der Waals surface area contributed by atoms with Gasteiger partial charge < -0.3 is 20.1 Å². The van der Waals surface area contributed by atoms with Crippen LogP contribution in [-0.2, 0) is 4.79 Å². The van der Waals surface area contributed by atoms with E-state index in [0.29, 0.717) is 31.7 Å². The minimum atomic E-state index is -0.166. The lowest BCUT2D eigenvalue weighted by Gasteiger charge is -2.07. The van der Waals surface area contributed by atoms with Gasteiger partial charge in [-0.2, -0.15) is 0 Å². The van der Waals surface area contributed by atoms with Gasteiger partial charge in [0, 0.05) is 5.69 Å². The number of hydrogen-bond donors (Lipinski definition) is 2. The molecule has 0 fully saturated rings. The Hall–Kier alpha value is -2.49. The lowest BCUT2D eigenvalue weighted by Crippen LogP contribution is -2.13. The standard InChI is InChI=1S/C18H17ClN4O3S2/c1-25-14-8-7-11(9-12(14)19)20-16(24)10-27-18-23-22-17(28-18)21-13-5-3-4-6-15(13)26-2/h3-9H,10H2,1-2H3,(H,20,24)(H,21,22). The highest BCUT2D eigenvalue weighted by atomic mass is 35.5. The molecule has 146 valence electrons. The zero-order valence-corrected chi connectivity index (χ0v) is 17.5. The second-order valence-electron chi connectivity index (χ2n) is 5.38. The molecule has 0 saturated carbocycles. The second kappa shape index (κ2) is 9.63. The highest BCUT2D eigenvalue weighted by Gasteiger charge is 2.11. The third kappa shape index (κ3) is 5.28. The Kier molecular flexibility index (Phi) is 6.96. The number of aromatic nitrogens is 2. The van der Waals surface area contributed by atoms with E-state index in [1.807, 2.05) is 24.3 Å². The number of benzene rings is 2. The molecule has 0 aliphatic carbocycles. The van der Waals surface area contributed by atoms with Gasteiger partial charge in [0.1, 0.15) is 11.5 Å². The van der Waals surface area contributed by atoms with Crippen LogP contribution in [0.3, 0.4) is 0 Å². The summed E-state index contributed by atoms with van der Waals surface area (Å²) in [6.45, 7) is 0. The highest BCUT2D eigenvalue weighted by Crippen LogP contribution is 2.32. The van der Waals surface area contributed by atoms with Crippen LogP contribution in [0.1, 0.15) is 0 Å². The number of halogens is 1. The Labute approximate surface area is 175 Å². The van der Waals surface area contributed by atoms with Crippen LogP contribution < -0.4 is 20.1 Å². The molecular formula is C18H17ClN4O3S2. The Morgan fingerprint density at radius 1 is 1.14 bits per heavy atom. The summed E-state index contributed by atoms with van der Waals surface area (Å²) in [5, 5.41) is 15.2. The zero-order valence-electron chi connectivity index (χ0n) is 15.1. The topological polar surface area (TPSA) is 85.4 Å². The SMILES string of the molecule is COc1ccc(NC(=O)CSc2nnc(Nc3ccccc3OC)s2)cc1Cl. The van der Waals surface area contributed by atoms with Crippen LogP contribution in [0.25, 0.3) is 0 Å². The van der Waals surface area contributed by atoms with Gasteiger partial charge in [-0.1, -0.05) is 46.8 Å². The number of hydrogen-bond acceptors (Lipinski definition) is 8. The van der Waals surface area contributed by atoms with Gasteiger partial charge in [0.05, 0.1) is 30.7 Å². The van der Waals surface area contributed by atoms with Crippen LogP contribution in [0.4, 0.5) is 16.5 Å². The van der Waals surface area contributed by atoms with Crippen LogP contribution >= 0.6 is 34.7 Å². The van der Waals surface area contributed by atoms with Crippen molar-refractivity contribution in [3.8, 4) is 11.5 Å². The van der Waals surface area contributed by atoms with E-state index in [1.54, 1.807) is 25.3 Å². The van der Waals surface area contributed by atoms with Gasteiger partial charge in [0.2, 0.25) is 11.0 Å². The fraction of sp³-hybridized carbons (Fsp3) is 0.167. The number of carbonyl (C=O) groups is 1. The van der Waals surface area contributed by atoms with Gasteiger partial charge in [-0.15, -0.1) is 10.2 Å². The molecule has 3 aromatic rings. The van der Waals surface area contributed by atoms with Crippen LogP contribution in [-0.4, -0.2) is 36.1 Å². The zero-order chi connectivity index (χ0) is 19.9. The van der Waals surface area contributed by atoms with Crippen LogP contribution in [0.5, 0.6) is 11.5 Å². The van der Waals surface area contributed by atoms with Crippen molar-refractivity contribution in [1.82, 2.24) is 10.2 Å². The van der Waals surface area contributed by atoms with Crippen molar-refractivity contribution in [2.75, 3.05) is 30.6 Å². The Morgan fingerprint density at radius 2 is 1.93 bits per heavy atom. The molecule has 0 saturated heterocycles. The smallest absolute Gasteiger partial charge is 0.234 e. The van der Waals surface area contributed by atoms with Crippen molar-refractivity contribution in [1.29, 1.82) is 0 Å². The molecule has 0 spiro atoms. The first-order valence-electron chi connectivity index (χ1n) is 8.09. The van der Waals surface area contributed by atoms with Crippen LogP contribution in [0, 0.1) is 0 Å². The summed E-state index contributed by atoms with van der Waals surface area (Å²) in [6.07, 6.45) is 0. The van der Waals surface area contributed by atoms with Crippen molar-refractivity contribution < 1.29 is 14.3 Å². The Morgan fingerprint density at radius 3 is 2.68 bits per heavy atom. The maximum absolute atomic E-state index is 12.2. The molecule has 0 bridgehead atoms. The first-order valence-corrected chi connectivity index (χ1v) is 10.3. The lowest BCUT2D eigenvalue weighted by molar-refractivity contribution is -0.113. The monoisotopic (exact) mass is 436 g/mol. The lowest BCUT2D eigenvalue weighted by atomic mass is 10.3. The quantitative estimate of drug-likeness (QED) is 0.495. The molecule has 0 radical (unpaired) electrons. The summed E-state index contributed by atoms with van der Waals surface area (Å²) in [5.74, 6) is 1.30. The van der Waals surface area contributed by atoms with E-state index in [4.69, 9.17) is 21.1 Å². The van der Waals surface area contributed by atoms with Gasteiger partial charge in [-0.05, 0) is 30.3 Å². The number of nitrogens with zero attached hydrogens (tertiary/aromatic N) is 2. The fourth-order valence-electron chi connectivity index (χ4n) is 2.25. The van der Waals surface area contributed by atoms with E-state index in [9.17, 15) is 4.79 Å². The van der Waals surface area contributed by atoms with Crippen LogP contribution in [0.2, 0.25) is 5.02 Å². The molecule has 28 heavy (non-hydrogen) atoms. The molecule has 2 aromatic carbocycles. The average Bonchev–Trinajstić information content (AvgIpc) is 3.14. The Bertz CT molecular complexity index is 968. The minimum Gasteiger partial charge on any atom is -0.495 e. The van der Waals surface area contributed by atoms with Crippen LogP contribution in [0.15, 0.2) is 46.8 Å². The minimum absolute atomic E-state index is 0.166. The summed E-state index contributed by atoms with van der Waals surface area (Å²) in [6, 6.07) is 12.6. The maximum Gasteiger partial charge on any atom is 0.234 e. The van der Waals surface area contributed by atoms with E-state index in [-0.39, 0.29) is 11.7 Å². The number of nitrogens with one attached hydrogen (secondary N) is 2. The summed E-state index contributed by atoms with van der Waals surface area (Å²) < 4.78 is 11.1. The van der Waals surface area contributed by atoms with E-state index >= 15 is 0 Å². The van der Waals surface area contributed by atoms with Crippen molar-refractivity contribution in [3.05, 3.63) is 47.5 Å². The van der Waals surface area contributed by atoms with Crippen molar-refractivity contribution in [3.63, 3.8) is 0 Å². The third-order valence-corrected chi connectivity index (χ3v) is 5.78. The van der Waals surface area contributed by atoms with E-state index in [2.05, 4.69) is 20.8 Å². The van der Waals surface area contributed by atoms with E-state index < -0.39 is 0 Å². The van der Waals surface area contributed by atoms with Crippen molar-refractivity contribution >= 4 is 57.1 Å². The number of anilines is 3. The van der Waals surface area contributed by atoms with E-state index in [0.717, 1.165) is 5.69 Å². The molecule has 10 heteroatoms. The summed E-state index contributed by atoms with van der Waals surface area (Å²) in [5.41, 5.74) is 1.40. The molecule has 0 aliphatic rings. The molecule has 0 unspecified atom stereocenters. The summed E-state index contributed by atoms with van der Waals surface area (Å²) in [7, 11) is 3.14. The van der Waals surface area contributed by atoms with Crippen molar-refractivity contribution in [2.24, 2.45) is 0 Å². The molecule has 0 atom stereocenters. The number of amides is 1. The second-order valence-corrected chi connectivity index (χ2v) is 7.99. The number of rotatable bonds is 8. The highest BCUT2D eigenvalue weighted by molar-refractivity contribution is 8.01. The molecule has 3 rings (SSSR count). The normalized spacial score (nSPS) is 10.4. The number of methoxy groups -OCH3 is 2. The molecule has 1 aromatic heterocycles. The third-order valence-electron chi connectivity index (χ3n) is 3.52. The number of para-hydroxylation sites is 2. The number of thioether (sulfide) groups is 1. The first-order chi connectivity index (χ1) is 13.6. The molecule has 7 nitrogen and oxygen atoms in total. The fourth-order valence-corrected chi connectivity index (χ4v) is 4.07. The number of ether oxygens (including phenoxy) is 2. The van der Waals surface area contributed by atoms with Gasteiger partial charge in [0.25, 0.3) is 0 Å². The average molecular weight is 437 g/mol. The van der Waals surface area contributed by atoms with E-state index in [1.165, 1.54) is 30.2 Å². The van der Waals surface area contributed by atoms with Gasteiger partial charge in [-0.25, -0.2) is 0 Å². The number of carbonyl (C=O) groups excluding carboxylic acids is 1. The first kappa shape index (κ1) is 20.2. The predicted molar refractivity (Wildman–Crippen MR) is 114 cm³/mol. The molecule has 0 aliphatic heterocycles. The summed E-state index contributed by atoms with van der Waals surface area (Å²) in [4.78, 5) is 12.2. The van der Waals surface area contributed by atoms with Gasteiger partial charge in [0.15, 0.2) is 4.34 Å². The molecule has 1 amide bonds. The van der Waals surface area contributed by atoms with Gasteiger partial charge >= 0.3 is 0 Å². The summed E-state index contributed by atoms with van der Waals surface area (Å²) >= 11 is 8.73. The van der Waals surface area contributed by atoms with Crippen molar-refractivity contribution in [2.45, 2.75) is 4.34 Å². The largest absolute Gasteiger partial charge is 0.495 e. The molecule has 2 N–H and O–H groups in total. The molecular weight excluding hydrogens is 420 g/mol. The molecule has 1 heterocycles.